The van der Waals surface area contributed by atoms with Crippen molar-refractivity contribution in [1.29, 1.82) is 5.41 Å². The molecule has 94 valence electrons. The monoisotopic (exact) mass is 235 g/mol. The number of aryl methyl sites for hydroxylation is 1. The molecule has 0 bridgehead atoms. The van der Waals surface area contributed by atoms with E-state index in [9.17, 15) is 0 Å². The Balaban J connectivity index is 3.08. The molecule has 5 heteroatoms. The molecule has 0 unspecified atom stereocenters. The Kier molecular flexibility index (Phi) is 4.43. The van der Waals surface area contributed by atoms with Crippen molar-refractivity contribution in [3.8, 4) is 0 Å². The van der Waals surface area contributed by atoms with Crippen LogP contribution in [0.5, 0.6) is 0 Å². The average molecular weight is 235 g/mol. The van der Waals surface area contributed by atoms with Gasteiger partial charge in [-0.25, -0.2) is 9.97 Å². The first-order valence-corrected chi connectivity index (χ1v) is 5.92. The van der Waals surface area contributed by atoms with E-state index in [0.29, 0.717) is 17.7 Å². The zero-order valence-electron chi connectivity index (χ0n) is 11.0. The number of nitrogens with two attached hydrogens (primary N) is 1. The zero-order chi connectivity index (χ0) is 13.0. The van der Waals surface area contributed by atoms with Gasteiger partial charge in [-0.3, -0.25) is 5.41 Å². The fraction of sp³-hybridized carbons (Fsp3) is 0.583. The molecule has 0 fully saturated rings. The van der Waals surface area contributed by atoms with E-state index in [0.717, 1.165) is 18.5 Å². The van der Waals surface area contributed by atoms with Gasteiger partial charge < -0.3 is 10.6 Å². The molecule has 0 amide bonds. The number of nitrogen functional groups attached to an aromatic ring is 1. The molecule has 0 atom stereocenters. The summed E-state index contributed by atoms with van der Waals surface area (Å²) in [6.45, 7) is 6.18. The van der Waals surface area contributed by atoms with Gasteiger partial charge in [0.2, 0.25) is 5.95 Å². The van der Waals surface area contributed by atoms with Crippen LogP contribution in [0.1, 0.15) is 38.1 Å². The van der Waals surface area contributed by atoms with Crippen LogP contribution in [-0.2, 0) is 0 Å². The van der Waals surface area contributed by atoms with Crippen LogP contribution >= 0.6 is 0 Å². The summed E-state index contributed by atoms with van der Waals surface area (Å²) in [6, 6.07) is 2.14. The fourth-order valence-corrected chi connectivity index (χ4v) is 1.85. The van der Waals surface area contributed by atoms with E-state index in [1.54, 1.807) is 6.07 Å². The van der Waals surface area contributed by atoms with Crippen LogP contribution in [0.25, 0.3) is 0 Å². The van der Waals surface area contributed by atoms with Gasteiger partial charge in [0.1, 0.15) is 11.5 Å². The molecule has 0 aliphatic carbocycles. The first kappa shape index (κ1) is 13.4. The van der Waals surface area contributed by atoms with Crippen molar-refractivity contribution in [2.45, 2.75) is 39.7 Å². The smallest absolute Gasteiger partial charge is 0.226 e. The Labute approximate surface area is 103 Å². The molecular formula is C12H21N5. The van der Waals surface area contributed by atoms with Crippen molar-refractivity contribution in [2.24, 2.45) is 5.73 Å². The Hall–Kier alpha value is -1.65. The lowest BCUT2D eigenvalue weighted by Gasteiger charge is -2.26. The second kappa shape index (κ2) is 5.61. The van der Waals surface area contributed by atoms with Crippen LogP contribution in [0, 0.1) is 12.3 Å². The molecule has 0 radical (unpaired) electrons. The maximum Gasteiger partial charge on any atom is 0.226 e. The highest BCUT2D eigenvalue weighted by Gasteiger charge is 2.15. The first-order chi connectivity index (χ1) is 7.99. The summed E-state index contributed by atoms with van der Waals surface area (Å²) in [6.07, 6.45) is 2.08. The van der Waals surface area contributed by atoms with Crippen molar-refractivity contribution in [3.63, 3.8) is 0 Å². The quantitative estimate of drug-likeness (QED) is 0.601. The van der Waals surface area contributed by atoms with Crippen LogP contribution in [0.4, 0.5) is 5.95 Å². The van der Waals surface area contributed by atoms with Gasteiger partial charge in [0.25, 0.3) is 0 Å². The van der Waals surface area contributed by atoms with Crippen molar-refractivity contribution in [1.82, 2.24) is 9.97 Å². The predicted octanol–water partition coefficient (Wildman–Crippen LogP) is 1.69. The summed E-state index contributed by atoms with van der Waals surface area (Å²) < 4.78 is 0. The zero-order valence-corrected chi connectivity index (χ0v) is 11.0. The molecule has 0 aliphatic rings. The summed E-state index contributed by atoms with van der Waals surface area (Å²) in [5, 5.41) is 7.44. The fourth-order valence-electron chi connectivity index (χ4n) is 1.85. The lowest BCUT2D eigenvalue weighted by molar-refractivity contribution is 0.580. The summed E-state index contributed by atoms with van der Waals surface area (Å²) in [4.78, 5) is 10.8. The number of rotatable bonds is 5. The second-order valence-electron chi connectivity index (χ2n) is 4.19. The number of amidine groups is 1. The minimum atomic E-state index is -0.0188. The molecule has 3 N–H and O–H groups in total. The van der Waals surface area contributed by atoms with Gasteiger partial charge in [0, 0.05) is 18.8 Å². The van der Waals surface area contributed by atoms with Crippen LogP contribution in [0.3, 0.4) is 0 Å². The molecule has 0 aromatic carbocycles. The first-order valence-electron chi connectivity index (χ1n) is 5.92. The Morgan fingerprint density at radius 2 is 2.00 bits per heavy atom. The average Bonchev–Trinajstić information content (AvgIpc) is 2.29. The third-order valence-electron chi connectivity index (χ3n) is 2.92. The highest BCUT2D eigenvalue weighted by atomic mass is 15.3. The summed E-state index contributed by atoms with van der Waals surface area (Å²) in [5.74, 6) is 0.624. The minimum Gasteiger partial charge on any atom is -0.382 e. The normalized spacial score (nSPS) is 10.6. The molecule has 1 rings (SSSR count). The van der Waals surface area contributed by atoms with Gasteiger partial charge in [-0.15, -0.1) is 0 Å². The summed E-state index contributed by atoms with van der Waals surface area (Å²) in [5.41, 5.74) is 6.79. The van der Waals surface area contributed by atoms with Crippen LogP contribution in [0.2, 0.25) is 0 Å². The van der Waals surface area contributed by atoms with E-state index in [1.807, 2.05) is 14.0 Å². The summed E-state index contributed by atoms with van der Waals surface area (Å²) in [7, 11) is 1.98. The van der Waals surface area contributed by atoms with Crippen molar-refractivity contribution in [2.75, 3.05) is 11.9 Å². The van der Waals surface area contributed by atoms with Crippen LogP contribution < -0.4 is 10.6 Å². The summed E-state index contributed by atoms with van der Waals surface area (Å²) >= 11 is 0. The van der Waals surface area contributed by atoms with Crippen LogP contribution in [0.15, 0.2) is 6.07 Å². The van der Waals surface area contributed by atoms with Crippen molar-refractivity contribution >= 4 is 11.8 Å². The second-order valence-corrected chi connectivity index (χ2v) is 4.19. The Morgan fingerprint density at radius 3 is 2.47 bits per heavy atom. The number of hydrogen-bond acceptors (Lipinski definition) is 4. The molecule has 1 aromatic rings. The van der Waals surface area contributed by atoms with Gasteiger partial charge in [0.15, 0.2) is 0 Å². The molecule has 0 aliphatic heterocycles. The van der Waals surface area contributed by atoms with Crippen molar-refractivity contribution in [3.05, 3.63) is 17.5 Å². The lowest BCUT2D eigenvalue weighted by atomic mass is 10.1. The lowest BCUT2D eigenvalue weighted by Crippen LogP contribution is -2.32. The molecule has 0 saturated heterocycles. The van der Waals surface area contributed by atoms with E-state index >= 15 is 0 Å². The largest absolute Gasteiger partial charge is 0.382 e. The Bertz CT molecular complexity index is 398. The molecule has 1 heterocycles. The molecule has 0 spiro atoms. The third-order valence-corrected chi connectivity index (χ3v) is 2.92. The van der Waals surface area contributed by atoms with E-state index in [2.05, 4.69) is 28.7 Å². The van der Waals surface area contributed by atoms with Crippen LogP contribution in [-0.4, -0.2) is 28.9 Å². The topological polar surface area (TPSA) is 78.9 Å². The maximum atomic E-state index is 7.44. The highest BCUT2D eigenvalue weighted by Crippen LogP contribution is 2.15. The van der Waals surface area contributed by atoms with Gasteiger partial charge in [-0.2, -0.15) is 0 Å². The number of nitrogens with zero attached hydrogens (tertiary/aromatic N) is 3. The number of nitrogens with one attached hydrogen (secondary N) is 1. The van der Waals surface area contributed by atoms with E-state index in [-0.39, 0.29) is 5.84 Å². The molecule has 0 saturated carbocycles. The third kappa shape index (κ3) is 3.15. The van der Waals surface area contributed by atoms with Gasteiger partial charge in [-0.05, 0) is 25.8 Å². The highest BCUT2D eigenvalue weighted by molar-refractivity contribution is 5.93. The standard InChI is InChI=1S/C12H21N5/c1-5-9(6-2)17(4)12-15-8(3)7-10(16-12)11(13)14/h7,9H,5-6H2,1-4H3,(H3,13,14). The molecule has 1 aromatic heterocycles. The van der Waals surface area contributed by atoms with E-state index < -0.39 is 0 Å². The van der Waals surface area contributed by atoms with Gasteiger partial charge in [0.05, 0.1) is 0 Å². The van der Waals surface area contributed by atoms with E-state index in [1.165, 1.54) is 0 Å². The predicted molar refractivity (Wildman–Crippen MR) is 70.6 cm³/mol. The van der Waals surface area contributed by atoms with E-state index in [4.69, 9.17) is 11.1 Å². The SMILES string of the molecule is CCC(CC)N(C)c1nc(C)cc(C(=N)N)n1. The van der Waals surface area contributed by atoms with Gasteiger partial charge in [-0.1, -0.05) is 13.8 Å². The maximum absolute atomic E-state index is 7.44. The molecular weight excluding hydrogens is 214 g/mol. The number of anilines is 1. The number of hydrogen-bond donors (Lipinski definition) is 2. The molecule has 5 nitrogen and oxygen atoms in total. The number of aromatic nitrogens is 2. The Morgan fingerprint density at radius 1 is 1.41 bits per heavy atom. The molecule has 17 heavy (non-hydrogen) atoms. The minimum absolute atomic E-state index is 0.0188. The van der Waals surface area contributed by atoms with Gasteiger partial charge >= 0.3 is 0 Å². The van der Waals surface area contributed by atoms with Crippen molar-refractivity contribution < 1.29 is 0 Å².